The van der Waals surface area contributed by atoms with E-state index in [4.69, 9.17) is 11.6 Å². The maximum Gasteiger partial charge on any atom is 0.337 e. The Morgan fingerprint density at radius 2 is 1.61 bits per heavy atom. The fraction of sp³-hybridized carbons (Fsp3) is 0.0800. The number of aromatic nitrogens is 2. The van der Waals surface area contributed by atoms with E-state index in [1.807, 2.05) is 42.5 Å². The van der Waals surface area contributed by atoms with Crippen molar-refractivity contribution in [2.75, 3.05) is 4.90 Å². The second-order valence-electron chi connectivity index (χ2n) is 7.30. The summed E-state index contributed by atoms with van der Waals surface area (Å²) < 4.78 is 0. The van der Waals surface area contributed by atoms with Crippen molar-refractivity contribution in [1.82, 2.24) is 9.97 Å². The molecule has 8 heteroatoms. The van der Waals surface area contributed by atoms with Gasteiger partial charge >= 0.3 is 5.97 Å². The molecule has 0 spiro atoms. The van der Waals surface area contributed by atoms with Crippen LogP contribution in [0.4, 0.5) is 5.69 Å². The maximum absolute atomic E-state index is 13.2. The summed E-state index contributed by atoms with van der Waals surface area (Å²) in [5.74, 6) is -2.32. The number of carbonyl (C=O) groups is 3. The highest BCUT2D eigenvalue weighted by molar-refractivity contribution is 6.33. The van der Waals surface area contributed by atoms with Gasteiger partial charge in [-0.25, -0.2) is 14.8 Å². The smallest absolute Gasteiger partial charge is 0.337 e. The molecular formula is C25H18ClN3O4. The van der Waals surface area contributed by atoms with Gasteiger partial charge in [-0.1, -0.05) is 48.0 Å². The molecule has 164 valence electrons. The van der Waals surface area contributed by atoms with Gasteiger partial charge in [0.05, 0.1) is 23.6 Å². The van der Waals surface area contributed by atoms with Gasteiger partial charge in [0.25, 0.3) is 0 Å². The highest BCUT2D eigenvalue weighted by Crippen LogP contribution is 2.26. The number of aromatic carboxylic acids is 1. The second kappa shape index (κ2) is 9.58. The number of carbonyl (C=O) groups excluding carboxylic acids is 2. The zero-order valence-electron chi connectivity index (χ0n) is 17.3. The molecule has 0 saturated carbocycles. The van der Waals surface area contributed by atoms with Crippen molar-refractivity contribution < 1.29 is 19.5 Å². The summed E-state index contributed by atoms with van der Waals surface area (Å²) in [6.07, 6.45) is 2.38. The van der Waals surface area contributed by atoms with Crippen LogP contribution in [0.15, 0.2) is 79.1 Å². The van der Waals surface area contributed by atoms with E-state index in [1.54, 1.807) is 12.1 Å². The number of rotatable bonds is 7. The number of nitrogens with zero attached hydrogens (tertiary/aromatic N) is 3. The van der Waals surface area contributed by atoms with E-state index >= 15 is 0 Å². The molecule has 0 radical (unpaired) electrons. The Bertz CT molecular complexity index is 1360. The van der Waals surface area contributed by atoms with Gasteiger partial charge in [0.1, 0.15) is 0 Å². The molecule has 0 aliphatic carbocycles. The number of hydrogen-bond donors (Lipinski definition) is 1. The Labute approximate surface area is 194 Å². The second-order valence-corrected chi connectivity index (χ2v) is 7.71. The number of carboxylic acid groups (broad SMARTS) is 1. The van der Waals surface area contributed by atoms with Crippen molar-refractivity contribution in [2.45, 2.75) is 13.0 Å². The summed E-state index contributed by atoms with van der Waals surface area (Å²) in [5, 5.41) is 11.6. The molecule has 3 aromatic carbocycles. The van der Waals surface area contributed by atoms with Crippen LogP contribution in [0.2, 0.25) is 5.02 Å². The van der Waals surface area contributed by atoms with E-state index in [0.717, 1.165) is 16.3 Å². The summed E-state index contributed by atoms with van der Waals surface area (Å²) in [6, 6.07) is 19.5. The normalized spacial score (nSPS) is 10.7. The lowest BCUT2D eigenvalue weighted by molar-refractivity contribution is -0.117. The monoisotopic (exact) mass is 459 g/mol. The van der Waals surface area contributed by atoms with Crippen LogP contribution in [-0.4, -0.2) is 32.7 Å². The summed E-state index contributed by atoms with van der Waals surface area (Å²) in [7, 11) is 0. The van der Waals surface area contributed by atoms with Crippen LogP contribution < -0.4 is 4.90 Å². The molecule has 1 amide bonds. The first-order chi connectivity index (χ1) is 15.9. The van der Waals surface area contributed by atoms with Crippen LogP contribution in [-0.2, 0) is 11.3 Å². The Kier molecular flexibility index (Phi) is 6.42. The van der Waals surface area contributed by atoms with Gasteiger partial charge in [-0.3, -0.25) is 9.59 Å². The standard InChI is InChI=1S/C25H18ClN3O4/c26-21-9-8-19(13-20(21)25(32)33)29(23(31)14-22(30)24-27-10-3-11-28-24)15-16-6-7-17-4-1-2-5-18(17)12-16/h1-13H,14-15H2,(H,32,33). The lowest BCUT2D eigenvalue weighted by Gasteiger charge is -2.23. The molecule has 4 rings (SSSR count). The number of anilines is 1. The average molecular weight is 460 g/mol. The number of ketones is 1. The molecule has 0 unspecified atom stereocenters. The third-order valence-corrected chi connectivity index (χ3v) is 5.40. The van der Waals surface area contributed by atoms with Gasteiger partial charge in [-0.15, -0.1) is 0 Å². The van der Waals surface area contributed by atoms with E-state index in [2.05, 4.69) is 9.97 Å². The molecule has 0 atom stereocenters. The minimum Gasteiger partial charge on any atom is -0.478 e. The van der Waals surface area contributed by atoms with Crippen molar-refractivity contribution in [3.63, 3.8) is 0 Å². The van der Waals surface area contributed by atoms with Gasteiger partial charge in [0.15, 0.2) is 5.82 Å². The zero-order valence-corrected chi connectivity index (χ0v) is 18.1. The lowest BCUT2D eigenvalue weighted by Crippen LogP contribution is -2.32. The molecule has 1 N–H and O–H groups in total. The van der Waals surface area contributed by atoms with Gasteiger partial charge in [-0.2, -0.15) is 0 Å². The molecule has 0 bridgehead atoms. The average Bonchev–Trinajstić information content (AvgIpc) is 2.83. The Hall–Kier alpha value is -4.10. The van der Waals surface area contributed by atoms with Gasteiger partial charge in [0.2, 0.25) is 11.7 Å². The molecule has 0 saturated heterocycles. The van der Waals surface area contributed by atoms with E-state index in [9.17, 15) is 19.5 Å². The van der Waals surface area contributed by atoms with Crippen molar-refractivity contribution in [2.24, 2.45) is 0 Å². The van der Waals surface area contributed by atoms with Crippen molar-refractivity contribution in [3.05, 3.63) is 101 Å². The Morgan fingerprint density at radius 3 is 2.33 bits per heavy atom. The van der Waals surface area contributed by atoms with Crippen molar-refractivity contribution in [3.8, 4) is 0 Å². The van der Waals surface area contributed by atoms with Gasteiger partial charge < -0.3 is 10.0 Å². The molecule has 0 aliphatic rings. The molecular weight excluding hydrogens is 442 g/mol. The minimum atomic E-state index is -1.21. The number of benzene rings is 3. The van der Waals surface area contributed by atoms with Crippen LogP contribution in [0.1, 0.15) is 33.0 Å². The third-order valence-electron chi connectivity index (χ3n) is 5.07. The summed E-state index contributed by atoms with van der Waals surface area (Å²) >= 11 is 6.01. The predicted octanol–water partition coefficient (Wildman–Crippen LogP) is 4.79. The number of amides is 1. The minimum absolute atomic E-state index is 0.0538. The maximum atomic E-state index is 13.2. The predicted molar refractivity (Wildman–Crippen MR) is 125 cm³/mol. The van der Waals surface area contributed by atoms with Crippen LogP contribution in [0.5, 0.6) is 0 Å². The van der Waals surface area contributed by atoms with Crippen molar-refractivity contribution >= 4 is 45.7 Å². The summed E-state index contributed by atoms with van der Waals surface area (Å²) in [4.78, 5) is 46.5. The molecule has 1 heterocycles. The van der Waals surface area contributed by atoms with Crippen LogP contribution >= 0.6 is 11.6 Å². The first-order valence-corrected chi connectivity index (χ1v) is 10.4. The number of hydrogen-bond acceptors (Lipinski definition) is 5. The Balaban J connectivity index is 1.69. The molecule has 4 aromatic rings. The lowest BCUT2D eigenvalue weighted by atomic mass is 10.1. The van der Waals surface area contributed by atoms with E-state index in [-0.39, 0.29) is 23.0 Å². The van der Waals surface area contributed by atoms with E-state index in [1.165, 1.54) is 29.4 Å². The van der Waals surface area contributed by atoms with Crippen LogP contribution in [0, 0.1) is 0 Å². The number of carboxylic acids is 1. The summed E-state index contributed by atoms with van der Waals surface area (Å²) in [5.41, 5.74) is 0.997. The molecule has 7 nitrogen and oxygen atoms in total. The number of fused-ring (bicyclic) bond motifs is 1. The first kappa shape index (κ1) is 22.1. The third kappa shape index (κ3) is 5.05. The SMILES string of the molecule is O=C(CC(=O)N(Cc1ccc2ccccc2c1)c1ccc(Cl)c(C(=O)O)c1)c1ncccn1. The fourth-order valence-corrected chi connectivity index (χ4v) is 3.64. The van der Waals surface area contributed by atoms with E-state index < -0.39 is 24.1 Å². The molecule has 0 aliphatic heterocycles. The van der Waals surface area contributed by atoms with Crippen LogP contribution in [0.25, 0.3) is 10.8 Å². The largest absolute Gasteiger partial charge is 0.478 e. The quantitative estimate of drug-likeness (QED) is 0.315. The topological polar surface area (TPSA) is 100 Å². The highest BCUT2D eigenvalue weighted by Gasteiger charge is 2.23. The number of Topliss-reactive ketones (excluding diaryl/α,β-unsaturated/α-hetero) is 1. The van der Waals surface area contributed by atoms with E-state index in [0.29, 0.717) is 5.69 Å². The fourth-order valence-electron chi connectivity index (χ4n) is 3.44. The zero-order chi connectivity index (χ0) is 23.4. The molecule has 0 fully saturated rings. The molecule has 1 aromatic heterocycles. The van der Waals surface area contributed by atoms with Crippen LogP contribution in [0.3, 0.4) is 0 Å². The highest BCUT2D eigenvalue weighted by atomic mass is 35.5. The Morgan fingerprint density at radius 1 is 0.879 bits per heavy atom. The molecule has 33 heavy (non-hydrogen) atoms. The van der Waals surface area contributed by atoms with Gasteiger partial charge in [0, 0.05) is 18.1 Å². The van der Waals surface area contributed by atoms with Crippen molar-refractivity contribution in [1.29, 1.82) is 0 Å². The van der Waals surface area contributed by atoms with Gasteiger partial charge in [-0.05, 0) is 46.7 Å². The first-order valence-electron chi connectivity index (χ1n) is 10.0. The summed E-state index contributed by atoms with van der Waals surface area (Å²) in [6.45, 7) is 0.132. The number of halogens is 1.